The summed E-state index contributed by atoms with van der Waals surface area (Å²) < 4.78 is 5.16. The summed E-state index contributed by atoms with van der Waals surface area (Å²) in [4.78, 5) is 51.5. The minimum absolute atomic E-state index is 0.157. The standard InChI is InChI=1S/C21H21N3O5/c25-18-9-10-19(26)24(18)13-14-5-7-15(8-6-14)22-20(27)16-3-1-11-23(16)21(28)17-4-2-12-29-17/h2,4-8,12,16H,1,3,9-11,13H2,(H,22,27)/t16-/m0/s1. The summed E-state index contributed by atoms with van der Waals surface area (Å²) in [5.41, 5.74) is 1.40. The molecule has 0 unspecified atom stereocenters. The smallest absolute Gasteiger partial charge is 0.290 e. The highest BCUT2D eigenvalue weighted by molar-refractivity contribution is 6.02. The molecule has 1 atom stereocenters. The molecule has 0 bridgehead atoms. The van der Waals surface area contributed by atoms with Crippen LogP contribution in [0.2, 0.25) is 0 Å². The Kier molecular flexibility index (Phi) is 5.16. The van der Waals surface area contributed by atoms with Crippen molar-refractivity contribution in [3.05, 3.63) is 54.0 Å². The van der Waals surface area contributed by atoms with Crippen molar-refractivity contribution in [3.63, 3.8) is 0 Å². The Morgan fingerprint density at radius 1 is 1.07 bits per heavy atom. The van der Waals surface area contributed by atoms with Gasteiger partial charge in [0.15, 0.2) is 5.76 Å². The number of anilines is 1. The number of furan rings is 1. The van der Waals surface area contributed by atoms with Crippen molar-refractivity contribution in [3.8, 4) is 0 Å². The normalized spacial score (nSPS) is 19.1. The lowest BCUT2D eigenvalue weighted by Crippen LogP contribution is -2.43. The fourth-order valence-corrected chi connectivity index (χ4v) is 3.73. The van der Waals surface area contributed by atoms with Gasteiger partial charge in [-0.05, 0) is 42.7 Å². The van der Waals surface area contributed by atoms with Gasteiger partial charge in [-0.2, -0.15) is 0 Å². The summed E-state index contributed by atoms with van der Waals surface area (Å²) >= 11 is 0. The first-order valence-corrected chi connectivity index (χ1v) is 9.60. The van der Waals surface area contributed by atoms with Crippen LogP contribution < -0.4 is 5.32 Å². The van der Waals surface area contributed by atoms with E-state index in [4.69, 9.17) is 4.42 Å². The predicted molar refractivity (Wildman–Crippen MR) is 103 cm³/mol. The van der Waals surface area contributed by atoms with Gasteiger partial charge >= 0.3 is 0 Å². The maximum atomic E-state index is 12.7. The Balaban J connectivity index is 1.38. The first-order valence-electron chi connectivity index (χ1n) is 9.60. The van der Waals surface area contributed by atoms with Crippen LogP contribution in [-0.2, 0) is 20.9 Å². The molecule has 1 aromatic carbocycles. The van der Waals surface area contributed by atoms with Crippen molar-refractivity contribution in [1.29, 1.82) is 0 Å². The molecule has 0 spiro atoms. The van der Waals surface area contributed by atoms with Gasteiger partial charge in [0.1, 0.15) is 6.04 Å². The van der Waals surface area contributed by atoms with Crippen molar-refractivity contribution in [2.45, 2.75) is 38.3 Å². The van der Waals surface area contributed by atoms with Crippen LogP contribution in [0, 0.1) is 0 Å². The highest BCUT2D eigenvalue weighted by Gasteiger charge is 2.35. The maximum absolute atomic E-state index is 12.7. The van der Waals surface area contributed by atoms with Crippen molar-refractivity contribution < 1.29 is 23.6 Å². The number of hydrogen-bond donors (Lipinski definition) is 1. The van der Waals surface area contributed by atoms with Gasteiger partial charge in [0.05, 0.1) is 12.8 Å². The Hall–Kier alpha value is -3.42. The number of hydrogen-bond acceptors (Lipinski definition) is 5. The average molecular weight is 395 g/mol. The largest absolute Gasteiger partial charge is 0.459 e. The van der Waals surface area contributed by atoms with Crippen LogP contribution in [0.4, 0.5) is 5.69 Å². The second-order valence-corrected chi connectivity index (χ2v) is 7.19. The Labute approximate surface area is 167 Å². The number of likely N-dealkylation sites (tertiary alicyclic amines) is 2. The lowest BCUT2D eigenvalue weighted by Gasteiger charge is -2.23. The van der Waals surface area contributed by atoms with E-state index in [2.05, 4.69) is 5.32 Å². The van der Waals surface area contributed by atoms with Crippen LogP contribution in [0.25, 0.3) is 0 Å². The first-order chi connectivity index (χ1) is 14.0. The summed E-state index contributed by atoms with van der Waals surface area (Å²) in [5.74, 6) is -0.632. The van der Waals surface area contributed by atoms with E-state index < -0.39 is 6.04 Å². The van der Waals surface area contributed by atoms with E-state index in [9.17, 15) is 19.2 Å². The number of imide groups is 1. The highest BCUT2D eigenvalue weighted by atomic mass is 16.3. The van der Waals surface area contributed by atoms with E-state index in [0.717, 1.165) is 12.0 Å². The predicted octanol–water partition coefficient (Wildman–Crippen LogP) is 2.17. The van der Waals surface area contributed by atoms with Gasteiger partial charge in [0, 0.05) is 25.1 Å². The van der Waals surface area contributed by atoms with Crippen LogP contribution in [-0.4, -0.2) is 46.0 Å². The van der Waals surface area contributed by atoms with E-state index >= 15 is 0 Å². The number of amides is 4. The summed E-state index contributed by atoms with van der Waals surface area (Å²) in [6.07, 6.45) is 3.31. The van der Waals surface area contributed by atoms with E-state index in [1.54, 1.807) is 36.4 Å². The summed E-state index contributed by atoms with van der Waals surface area (Å²) in [5, 5.41) is 2.84. The Morgan fingerprint density at radius 3 is 2.45 bits per heavy atom. The molecule has 29 heavy (non-hydrogen) atoms. The topological polar surface area (TPSA) is 99.9 Å². The number of nitrogens with one attached hydrogen (secondary N) is 1. The highest BCUT2D eigenvalue weighted by Crippen LogP contribution is 2.23. The molecule has 2 aliphatic heterocycles. The first kappa shape index (κ1) is 18.9. The zero-order valence-electron chi connectivity index (χ0n) is 15.8. The molecule has 150 valence electrons. The van der Waals surface area contributed by atoms with Gasteiger partial charge in [0.2, 0.25) is 17.7 Å². The zero-order valence-corrected chi connectivity index (χ0v) is 15.8. The third kappa shape index (κ3) is 3.91. The number of carbonyl (C=O) groups excluding carboxylic acids is 4. The van der Waals surface area contributed by atoms with Crippen LogP contribution in [0.3, 0.4) is 0 Å². The molecule has 4 rings (SSSR count). The minimum Gasteiger partial charge on any atom is -0.459 e. The molecule has 1 N–H and O–H groups in total. The third-order valence-electron chi connectivity index (χ3n) is 5.27. The van der Waals surface area contributed by atoms with Crippen LogP contribution in [0.1, 0.15) is 41.8 Å². The molecule has 0 saturated carbocycles. The molecule has 0 radical (unpaired) electrons. The lowest BCUT2D eigenvalue weighted by atomic mass is 10.1. The molecule has 8 heteroatoms. The number of nitrogens with zero attached hydrogens (tertiary/aromatic N) is 2. The second kappa shape index (κ2) is 7.90. The minimum atomic E-state index is -0.549. The zero-order chi connectivity index (χ0) is 20.4. The number of benzene rings is 1. The van der Waals surface area contributed by atoms with Crippen LogP contribution >= 0.6 is 0 Å². The van der Waals surface area contributed by atoms with Crippen molar-refractivity contribution in [1.82, 2.24) is 9.80 Å². The molecule has 2 aliphatic rings. The number of carbonyl (C=O) groups is 4. The van der Waals surface area contributed by atoms with Crippen LogP contribution in [0.15, 0.2) is 47.1 Å². The van der Waals surface area contributed by atoms with Gasteiger partial charge in [-0.3, -0.25) is 24.1 Å². The third-order valence-corrected chi connectivity index (χ3v) is 5.27. The molecular formula is C21H21N3O5. The molecule has 2 fully saturated rings. The second-order valence-electron chi connectivity index (χ2n) is 7.19. The van der Waals surface area contributed by atoms with Gasteiger partial charge in [0.25, 0.3) is 5.91 Å². The number of rotatable bonds is 5. The average Bonchev–Trinajstić information content (AvgIpc) is 3.47. The van der Waals surface area contributed by atoms with Crippen molar-refractivity contribution in [2.24, 2.45) is 0 Å². The molecule has 8 nitrogen and oxygen atoms in total. The van der Waals surface area contributed by atoms with Gasteiger partial charge in [-0.1, -0.05) is 12.1 Å². The van der Waals surface area contributed by atoms with Gasteiger partial charge < -0.3 is 14.6 Å². The molecule has 3 heterocycles. The molecule has 2 aromatic rings. The van der Waals surface area contributed by atoms with E-state index in [-0.39, 0.29) is 48.8 Å². The van der Waals surface area contributed by atoms with Crippen LogP contribution in [0.5, 0.6) is 0 Å². The molecule has 2 saturated heterocycles. The summed E-state index contributed by atoms with van der Waals surface area (Å²) in [6.45, 7) is 0.744. The fourth-order valence-electron chi connectivity index (χ4n) is 3.73. The summed E-state index contributed by atoms with van der Waals surface area (Å²) in [6, 6.07) is 9.68. The Morgan fingerprint density at radius 2 is 1.79 bits per heavy atom. The van der Waals surface area contributed by atoms with E-state index in [1.165, 1.54) is 16.1 Å². The SMILES string of the molecule is O=C(Nc1ccc(CN2C(=O)CCC2=O)cc1)[C@@H]1CCCN1C(=O)c1ccco1. The van der Waals surface area contributed by atoms with Gasteiger partial charge in [-0.25, -0.2) is 0 Å². The summed E-state index contributed by atoms with van der Waals surface area (Å²) in [7, 11) is 0. The monoisotopic (exact) mass is 395 g/mol. The van der Waals surface area contributed by atoms with E-state index in [0.29, 0.717) is 18.7 Å². The Bertz CT molecular complexity index is 920. The van der Waals surface area contributed by atoms with Gasteiger partial charge in [-0.15, -0.1) is 0 Å². The molecule has 1 aromatic heterocycles. The molecular weight excluding hydrogens is 374 g/mol. The lowest BCUT2D eigenvalue weighted by molar-refractivity contribution is -0.139. The van der Waals surface area contributed by atoms with Crippen molar-refractivity contribution >= 4 is 29.3 Å². The maximum Gasteiger partial charge on any atom is 0.290 e. The fraction of sp³-hybridized carbons (Fsp3) is 0.333. The quantitative estimate of drug-likeness (QED) is 0.782. The molecule has 0 aliphatic carbocycles. The molecule has 4 amide bonds. The van der Waals surface area contributed by atoms with Crippen molar-refractivity contribution in [2.75, 3.05) is 11.9 Å². The van der Waals surface area contributed by atoms with E-state index in [1.807, 2.05) is 0 Å².